The summed E-state index contributed by atoms with van der Waals surface area (Å²) >= 11 is 6.17. The number of ether oxygens (including phenoxy) is 1. The second-order valence-electron chi connectivity index (χ2n) is 4.62. The minimum Gasteiger partial charge on any atom is -0.487 e. The molecule has 2 aromatic rings. The summed E-state index contributed by atoms with van der Waals surface area (Å²) in [5, 5.41) is 4.91. The van der Waals surface area contributed by atoms with Crippen molar-refractivity contribution in [3.8, 4) is 5.75 Å². The Labute approximate surface area is 118 Å². The smallest absolute Gasteiger partial charge is 0.131 e. The highest BCUT2D eigenvalue weighted by atomic mass is 35.5. The molecule has 4 nitrogen and oxygen atoms in total. The molecule has 0 aliphatic heterocycles. The van der Waals surface area contributed by atoms with Gasteiger partial charge in [0.25, 0.3) is 0 Å². The van der Waals surface area contributed by atoms with E-state index in [2.05, 4.69) is 5.10 Å². The number of hydrogen-bond donors (Lipinski definition) is 1. The van der Waals surface area contributed by atoms with E-state index in [4.69, 9.17) is 22.1 Å². The average Bonchev–Trinajstić information content (AvgIpc) is 2.62. The van der Waals surface area contributed by atoms with Crippen LogP contribution in [0.15, 0.2) is 24.3 Å². The van der Waals surface area contributed by atoms with Crippen molar-refractivity contribution in [3.05, 3.63) is 46.2 Å². The van der Waals surface area contributed by atoms with Crippen molar-refractivity contribution in [2.75, 3.05) is 0 Å². The Morgan fingerprint density at radius 3 is 2.47 bits per heavy atom. The van der Waals surface area contributed by atoms with E-state index < -0.39 is 0 Å². The number of aromatic nitrogens is 2. The van der Waals surface area contributed by atoms with Crippen molar-refractivity contribution in [2.24, 2.45) is 12.8 Å². The van der Waals surface area contributed by atoms with Gasteiger partial charge in [0.2, 0.25) is 0 Å². The summed E-state index contributed by atoms with van der Waals surface area (Å²) < 4.78 is 7.46. The molecule has 0 bridgehead atoms. The summed E-state index contributed by atoms with van der Waals surface area (Å²) in [7, 11) is 1.86. The number of nitrogens with two attached hydrogens (primary N) is 1. The standard InChI is InChI=1S/C14H18ClN3O/c1-9(16)11-4-6-12(7-5-11)19-8-13-14(15)10(2)17-18(13)3/h4-7,9H,8,16H2,1-3H3/t9-/m0/s1. The molecule has 1 aromatic heterocycles. The summed E-state index contributed by atoms with van der Waals surface area (Å²) in [4.78, 5) is 0. The zero-order valence-electron chi connectivity index (χ0n) is 11.4. The Bertz CT molecular complexity index is 561. The molecule has 0 unspecified atom stereocenters. The fourth-order valence-corrected chi connectivity index (χ4v) is 2.07. The predicted molar refractivity (Wildman–Crippen MR) is 76.3 cm³/mol. The molecule has 102 valence electrons. The molecule has 0 spiro atoms. The Morgan fingerprint density at radius 2 is 2.00 bits per heavy atom. The normalized spacial score (nSPS) is 12.5. The average molecular weight is 280 g/mol. The highest BCUT2D eigenvalue weighted by Crippen LogP contribution is 2.22. The summed E-state index contributed by atoms with van der Waals surface area (Å²) in [5.74, 6) is 0.791. The summed E-state index contributed by atoms with van der Waals surface area (Å²) in [6.45, 7) is 4.23. The van der Waals surface area contributed by atoms with Crippen LogP contribution in [0.3, 0.4) is 0 Å². The molecule has 5 heteroatoms. The maximum atomic E-state index is 6.17. The molecule has 0 fully saturated rings. The van der Waals surface area contributed by atoms with Gasteiger partial charge in [0.1, 0.15) is 12.4 Å². The lowest BCUT2D eigenvalue weighted by atomic mass is 10.1. The van der Waals surface area contributed by atoms with Crippen molar-refractivity contribution in [1.29, 1.82) is 0 Å². The third kappa shape index (κ3) is 3.08. The summed E-state index contributed by atoms with van der Waals surface area (Å²) in [5.41, 5.74) is 8.57. The molecule has 0 saturated carbocycles. The highest BCUT2D eigenvalue weighted by Gasteiger charge is 2.11. The molecule has 1 aromatic carbocycles. The quantitative estimate of drug-likeness (QED) is 0.936. The van der Waals surface area contributed by atoms with E-state index in [1.807, 2.05) is 45.2 Å². The van der Waals surface area contributed by atoms with Crippen LogP contribution in [0.25, 0.3) is 0 Å². The van der Waals surface area contributed by atoms with Gasteiger partial charge in [-0.15, -0.1) is 0 Å². The molecule has 1 heterocycles. The van der Waals surface area contributed by atoms with Gasteiger partial charge in [0.05, 0.1) is 16.4 Å². The Kier molecular flexibility index (Phi) is 4.12. The van der Waals surface area contributed by atoms with E-state index >= 15 is 0 Å². The molecule has 19 heavy (non-hydrogen) atoms. The van der Waals surface area contributed by atoms with Gasteiger partial charge < -0.3 is 10.5 Å². The van der Waals surface area contributed by atoms with Crippen LogP contribution in [0.2, 0.25) is 5.02 Å². The molecule has 0 amide bonds. The first-order valence-corrected chi connectivity index (χ1v) is 6.53. The first kappa shape index (κ1) is 13.9. The number of nitrogens with zero attached hydrogens (tertiary/aromatic N) is 2. The maximum Gasteiger partial charge on any atom is 0.131 e. The van der Waals surface area contributed by atoms with Crippen LogP contribution in [-0.4, -0.2) is 9.78 Å². The van der Waals surface area contributed by atoms with Gasteiger partial charge in [-0.3, -0.25) is 4.68 Å². The van der Waals surface area contributed by atoms with Crippen LogP contribution in [0, 0.1) is 6.92 Å². The van der Waals surface area contributed by atoms with E-state index in [0.717, 1.165) is 22.7 Å². The summed E-state index contributed by atoms with van der Waals surface area (Å²) in [6.07, 6.45) is 0. The number of halogens is 1. The second-order valence-corrected chi connectivity index (χ2v) is 4.99. The molecule has 2 rings (SSSR count). The molecule has 0 aliphatic rings. The monoisotopic (exact) mass is 279 g/mol. The van der Waals surface area contributed by atoms with Crippen LogP contribution in [0.5, 0.6) is 5.75 Å². The minimum atomic E-state index is 0.0308. The van der Waals surface area contributed by atoms with Crippen molar-refractivity contribution in [2.45, 2.75) is 26.5 Å². The fourth-order valence-electron chi connectivity index (χ4n) is 1.86. The largest absolute Gasteiger partial charge is 0.487 e. The molecule has 0 aliphatic carbocycles. The van der Waals surface area contributed by atoms with Gasteiger partial charge >= 0.3 is 0 Å². The van der Waals surface area contributed by atoms with Crippen LogP contribution in [-0.2, 0) is 13.7 Å². The van der Waals surface area contributed by atoms with E-state index in [0.29, 0.717) is 11.6 Å². The zero-order valence-corrected chi connectivity index (χ0v) is 12.1. The Morgan fingerprint density at radius 1 is 1.37 bits per heavy atom. The maximum absolute atomic E-state index is 6.17. The van der Waals surface area contributed by atoms with Crippen LogP contribution < -0.4 is 10.5 Å². The Hall–Kier alpha value is -1.52. The predicted octanol–water partition coefficient (Wildman–Crippen LogP) is 2.98. The number of benzene rings is 1. The topological polar surface area (TPSA) is 53.1 Å². The van der Waals surface area contributed by atoms with Gasteiger partial charge in [-0.05, 0) is 31.5 Å². The molecular weight excluding hydrogens is 262 g/mol. The molecular formula is C14H18ClN3O. The van der Waals surface area contributed by atoms with Crippen LogP contribution >= 0.6 is 11.6 Å². The highest BCUT2D eigenvalue weighted by molar-refractivity contribution is 6.31. The first-order chi connectivity index (χ1) is 8.99. The number of aryl methyl sites for hydroxylation is 2. The van der Waals surface area contributed by atoms with Crippen molar-refractivity contribution < 1.29 is 4.74 Å². The lowest BCUT2D eigenvalue weighted by molar-refractivity contribution is 0.295. The van der Waals surface area contributed by atoms with E-state index in [1.54, 1.807) is 4.68 Å². The number of rotatable bonds is 4. The van der Waals surface area contributed by atoms with Gasteiger partial charge in [0.15, 0.2) is 0 Å². The van der Waals surface area contributed by atoms with E-state index in [1.165, 1.54) is 0 Å². The van der Waals surface area contributed by atoms with Crippen molar-refractivity contribution in [3.63, 3.8) is 0 Å². The second kappa shape index (κ2) is 5.63. The fraction of sp³-hybridized carbons (Fsp3) is 0.357. The lowest BCUT2D eigenvalue weighted by Crippen LogP contribution is -2.05. The molecule has 1 atom stereocenters. The molecule has 0 saturated heterocycles. The van der Waals surface area contributed by atoms with Crippen LogP contribution in [0.4, 0.5) is 0 Å². The third-order valence-electron chi connectivity index (χ3n) is 3.04. The SMILES string of the molecule is Cc1nn(C)c(COc2ccc([C@H](C)N)cc2)c1Cl. The van der Waals surface area contributed by atoms with Gasteiger partial charge in [-0.1, -0.05) is 23.7 Å². The molecule has 2 N–H and O–H groups in total. The van der Waals surface area contributed by atoms with E-state index in [9.17, 15) is 0 Å². The van der Waals surface area contributed by atoms with E-state index in [-0.39, 0.29) is 6.04 Å². The number of hydrogen-bond acceptors (Lipinski definition) is 3. The summed E-state index contributed by atoms with van der Waals surface area (Å²) in [6, 6.07) is 7.79. The Balaban J connectivity index is 2.06. The van der Waals surface area contributed by atoms with Crippen molar-refractivity contribution in [1.82, 2.24) is 9.78 Å². The molecule has 0 radical (unpaired) electrons. The third-order valence-corrected chi connectivity index (χ3v) is 3.53. The minimum absolute atomic E-state index is 0.0308. The van der Waals surface area contributed by atoms with Crippen LogP contribution in [0.1, 0.15) is 29.9 Å². The van der Waals surface area contributed by atoms with Gasteiger partial charge in [-0.25, -0.2) is 0 Å². The van der Waals surface area contributed by atoms with Gasteiger partial charge in [-0.2, -0.15) is 5.10 Å². The van der Waals surface area contributed by atoms with Crippen molar-refractivity contribution >= 4 is 11.6 Å². The van der Waals surface area contributed by atoms with Gasteiger partial charge in [0, 0.05) is 13.1 Å². The first-order valence-electron chi connectivity index (χ1n) is 6.15. The lowest BCUT2D eigenvalue weighted by Gasteiger charge is -2.09. The zero-order chi connectivity index (χ0) is 14.0.